The fourth-order valence-corrected chi connectivity index (χ4v) is 5.35. The van der Waals surface area contributed by atoms with Gasteiger partial charge in [-0.25, -0.2) is 4.98 Å². The molecule has 1 unspecified atom stereocenters. The summed E-state index contributed by atoms with van der Waals surface area (Å²) < 4.78 is 11.9. The van der Waals surface area contributed by atoms with E-state index < -0.39 is 17.7 Å². The second kappa shape index (κ2) is 10.4. The second-order valence-corrected chi connectivity index (χ2v) is 9.65. The molecule has 7 nitrogen and oxygen atoms in total. The van der Waals surface area contributed by atoms with Crippen LogP contribution in [0.5, 0.6) is 11.5 Å². The van der Waals surface area contributed by atoms with Crippen LogP contribution >= 0.6 is 11.3 Å². The predicted molar refractivity (Wildman–Crippen MR) is 144 cm³/mol. The molecular formula is C29H26N2O5S. The summed E-state index contributed by atoms with van der Waals surface area (Å²) in [6.07, 6.45) is 1.90. The van der Waals surface area contributed by atoms with Crippen molar-refractivity contribution < 1.29 is 24.2 Å². The molecule has 8 heteroatoms. The van der Waals surface area contributed by atoms with Gasteiger partial charge in [0, 0.05) is 5.56 Å². The first-order valence-electron chi connectivity index (χ1n) is 12.1. The molecule has 1 N–H and O–H groups in total. The molecule has 188 valence electrons. The van der Waals surface area contributed by atoms with Crippen molar-refractivity contribution in [2.45, 2.75) is 25.8 Å². The van der Waals surface area contributed by atoms with Gasteiger partial charge in [0.2, 0.25) is 0 Å². The van der Waals surface area contributed by atoms with Gasteiger partial charge in [-0.3, -0.25) is 14.5 Å². The van der Waals surface area contributed by atoms with Crippen LogP contribution in [0, 0.1) is 0 Å². The molecule has 0 spiro atoms. The number of benzene rings is 3. The highest BCUT2D eigenvalue weighted by molar-refractivity contribution is 7.22. The number of carbonyl (C=O) groups excluding carboxylic acids is 2. The Morgan fingerprint density at radius 3 is 2.59 bits per heavy atom. The first kappa shape index (κ1) is 24.5. The van der Waals surface area contributed by atoms with Crippen LogP contribution in [0.15, 0.2) is 78.4 Å². The number of amides is 1. The van der Waals surface area contributed by atoms with Gasteiger partial charge < -0.3 is 14.6 Å². The molecule has 3 aromatic carbocycles. The van der Waals surface area contributed by atoms with Crippen LogP contribution in [-0.2, 0) is 9.59 Å². The third-order valence-electron chi connectivity index (χ3n) is 6.22. The summed E-state index contributed by atoms with van der Waals surface area (Å²) in [4.78, 5) is 32.9. The minimum absolute atomic E-state index is 0.0127. The topological polar surface area (TPSA) is 89.0 Å². The zero-order chi connectivity index (χ0) is 25.9. The normalized spacial score (nSPS) is 16.9. The lowest BCUT2D eigenvalue weighted by Gasteiger charge is -2.23. The van der Waals surface area contributed by atoms with Gasteiger partial charge in [0.25, 0.3) is 5.78 Å². The van der Waals surface area contributed by atoms with Gasteiger partial charge in [-0.15, -0.1) is 0 Å². The van der Waals surface area contributed by atoms with Gasteiger partial charge in [-0.1, -0.05) is 67.1 Å². The standard InChI is InChI=1S/C29H26N2O5S/c1-3-4-15-36-21-12-8-11-19(16-21)26(32)24-25(18-9-6-5-7-10-18)31(28(34)27(24)33)29-30-22-14-13-20(35-2)17-23(22)37-29/h5-14,16-17,25,32H,3-4,15H2,1-2H3/b26-24+. The Kier molecular flexibility index (Phi) is 6.92. The third kappa shape index (κ3) is 4.68. The number of methoxy groups -OCH3 is 1. The number of thiazole rings is 1. The molecule has 0 radical (unpaired) electrons. The lowest BCUT2D eigenvalue weighted by atomic mass is 9.95. The van der Waals surface area contributed by atoms with E-state index in [1.54, 1.807) is 37.4 Å². The van der Waals surface area contributed by atoms with Crippen molar-refractivity contribution >= 4 is 44.1 Å². The number of nitrogens with zero attached hydrogens (tertiary/aromatic N) is 2. The van der Waals surface area contributed by atoms with Crippen LogP contribution in [0.1, 0.15) is 36.9 Å². The lowest BCUT2D eigenvalue weighted by molar-refractivity contribution is -0.132. The molecule has 1 saturated heterocycles. The minimum Gasteiger partial charge on any atom is -0.507 e. The van der Waals surface area contributed by atoms with Gasteiger partial charge in [-0.2, -0.15) is 0 Å². The maximum absolute atomic E-state index is 13.4. The average molecular weight is 515 g/mol. The first-order valence-corrected chi connectivity index (χ1v) is 12.9. The molecule has 1 fully saturated rings. The quantitative estimate of drug-likeness (QED) is 0.132. The largest absolute Gasteiger partial charge is 0.507 e. The molecule has 2 heterocycles. The van der Waals surface area contributed by atoms with E-state index in [9.17, 15) is 14.7 Å². The predicted octanol–water partition coefficient (Wildman–Crippen LogP) is 6.11. The number of carbonyl (C=O) groups is 2. The van der Waals surface area contributed by atoms with E-state index in [4.69, 9.17) is 9.47 Å². The number of fused-ring (bicyclic) bond motifs is 1. The molecule has 1 aliphatic heterocycles. The maximum atomic E-state index is 13.4. The van der Waals surface area contributed by atoms with Crippen LogP contribution in [-0.4, -0.2) is 35.5 Å². The second-order valence-electron chi connectivity index (χ2n) is 8.64. The van der Waals surface area contributed by atoms with E-state index in [0.29, 0.717) is 39.9 Å². The summed E-state index contributed by atoms with van der Waals surface area (Å²) in [7, 11) is 1.58. The molecule has 1 atom stereocenters. The van der Waals surface area contributed by atoms with E-state index in [1.165, 1.54) is 16.2 Å². The first-order chi connectivity index (χ1) is 18.0. The SMILES string of the molecule is CCCCOc1cccc(/C(O)=C2\C(=O)C(=O)N(c3nc4ccc(OC)cc4s3)C2c2ccccc2)c1. The number of rotatable bonds is 8. The van der Waals surface area contributed by atoms with Gasteiger partial charge in [-0.05, 0) is 42.3 Å². The van der Waals surface area contributed by atoms with E-state index in [1.807, 2.05) is 42.5 Å². The highest BCUT2D eigenvalue weighted by Crippen LogP contribution is 2.44. The Labute approximate surface area is 218 Å². The maximum Gasteiger partial charge on any atom is 0.301 e. The van der Waals surface area contributed by atoms with Crippen LogP contribution in [0.4, 0.5) is 5.13 Å². The Morgan fingerprint density at radius 1 is 1.03 bits per heavy atom. The molecule has 0 aliphatic carbocycles. The molecule has 1 aliphatic rings. The van der Waals surface area contributed by atoms with E-state index in [-0.39, 0.29) is 11.3 Å². The lowest BCUT2D eigenvalue weighted by Crippen LogP contribution is -2.29. The molecule has 1 aromatic heterocycles. The van der Waals surface area contributed by atoms with Crippen LogP contribution in [0.3, 0.4) is 0 Å². The Hall–Kier alpha value is -4.17. The Balaban J connectivity index is 1.63. The number of hydrogen-bond donors (Lipinski definition) is 1. The molecule has 0 saturated carbocycles. The Morgan fingerprint density at radius 2 is 1.84 bits per heavy atom. The van der Waals surface area contributed by atoms with E-state index >= 15 is 0 Å². The van der Waals surface area contributed by atoms with Crippen LogP contribution in [0.2, 0.25) is 0 Å². The molecule has 1 amide bonds. The van der Waals surface area contributed by atoms with Crippen molar-refractivity contribution in [3.63, 3.8) is 0 Å². The molecule has 37 heavy (non-hydrogen) atoms. The van der Waals surface area contributed by atoms with E-state index in [0.717, 1.165) is 17.5 Å². The number of aliphatic hydroxyl groups excluding tert-OH is 1. The summed E-state index contributed by atoms with van der Waals surface area (Å²) >= 11 is 1.29. The number of ketones is 1. The van der Waals surface area contributed by atoms with Gasteiger partial charge in [0.1, 0.15) is 17.3 Å². The van der Waals surface area contributed by atoms with Gasteiger partial charge in [0.05, 0.1) is 35.5 Å². The van der Waals surface area contributed by atoms with Crippen molar-refractivity contribution in [3.05, 3.63) is 89.5 Å². The number of aliphatic hydroxyl groups is 1. The monoisotopic (exact) mass is 514 g/mol. The highest BCUT2D eigenvalue weighted by atomic mass is 32.1. The fourth-order valence-electron chi connectivity index (χ4n) is 4.33. The van der Waals surface area contributed by atoms with E-state index in [2.05, 4.69) is 11.9 Å². The molecule has 4 aromatic rings. The number of aromatic nitrogens is 1. The summed E-state index contributed by atoms with van der Waals surface area (Å²) in [5.74, 6) is -0.496. The number of hydrogen-bond acceptors (Lipinski definition) is 7. The number of Topliss-reactive ketones (excluding diaryl/α,β-unsaturated/α-hetero) is 1. The van der Waals surface area contributed by atoms with Crippen molar-refractivity contribution in [3.8, 4) is 11.5 Å². The van der Waals surface area contributed by atoms with Crippen molar-refractivity contribution in [2.24, 2.45) is 0 Å². The smallest absolute Gasteiger partial charge is 0.301 e. The van der Waals surface area contributed by atoms with Gasteiger partial charge in [0.15, 0.2) is 5.13 Å². The minimum atomic E-state index is -0.840. The number of unbranched alkanes of at least 4 members (excludes halogenated alkanes) is 1. The third-order valence-corrected chi connectivity index (χ3v) is 7.24. The Bertz CT molecular complexity index is 1490. The number of anilines is 1. The zero-order valence-electron chi connectivity index (χ0n) is 20.5. The van der Waals surface area contributed by atoms with Crippen molar-refractivity contribution in [1.29, 1.82) is 0 Å². The zero-order valence-corrected chi connectivity index (χ0v) is 21.3. The highest BCUT2D eigenvalue weighted by Gasteiger charge is 2.48. The van der Waals surface area contributed by atoms with Crippen LogP contribution < -0.4 is 14.4 Å². The number of ether oxygens (including phenoxy) is 2. The summed E-state index contributed by atoms with van der Waals surface area (Å²) in [5, 5.41) is 11.8. The van der Waals surface area contributed by atoms with Gasteiger partial charge >= 0.3 is 5.91 Å². The van der Waals surface area contributed by atoms with Crippen molar-refractivity contribution in [2.75, 3.05) is 18.6 Å². The summed E-state index contributed by atoms with van der Waals surface area (Å²) in [5.41, 5.74) is 1.79. The summed E-state index contributed by atoms with van der Waals surface area (Å²) in [6.45, 7) is 2.63. The molecule has 0 bridgehead atoms. The average Bonchev–Trinajstić information content (AvgIpc) is 3.46. The molecule has 5 rings (SSSR count). The van der Waals surface area contributed by atoms with Crippen LogP contribution in [0.25, 0.3) is 16.0 Å². The van der Waals surface area contributed by atoms with Crippen molar-refractivity contribution in [1.82, 2.24) is 4.98 Å². The summed E-state index contributed by atoms with van der Waals surface area (Å²) in [6, 6.07) is 20.7. The molecular weight excluding hydrogens is 488 g/mol. The fraction of sp³-hybridized carbons (Fsp3) is 0.207.